The van der Waals surface area contributed by atoms with E-state index in [2.05, 4.69) is 34.7 Å². The summed E-state index contributed by atoms with van der Waals surface area (Å²) in [5.41, 5.74) is 3.49. The van der Waals surface area contributed by atoms with E-state index in [4.69, 9.17) is 0 Å². The number of carbonyl (C=O) groups is 2. The monoisotopic (exact) mass is 389 g/mol. The molecule has 2 aromatic carbocycles. The zero-order chi connectivity index (χ0) is 20.2. The molecule has 29 heavy (non-hydrogen) atoms. The Balaban J connectivity index is 1.40. The number of carbonyl (C=O) groups excluding carboxylic acids is 2. The zero-order valence-corrected chi connectivity index (χ0v) is 16.7. The molecule has 0 saturated carbocycles. The Labute approximate surface area is 171 Å². The summed E-state index contributed by atoms with van der Waals surface area (Å²) in [7, 11) is 0. The van der Waals surface area contributed by atoms with Gasteiger partial charge < -0.3 is 15.2 Å². The minimum Gasteiger partial charge on any atom is -0.361 e. The highest BCUT2D eigenvalue weighted by molar-refractivity contribution is 5.84. The summed E-state index contributed by atoms with van der Waals surface area (Å²) in [6.07, 6.45) is 4.34. The van der Waals surface area contributed by atoms with Crippen molar-refractivity contribution in [3.63, 3.8) is 0 Å². The Morgan fingerprint density at radius 3 is 2.48 bits per heavy atom. The SMILES string of the molecule is CC(=O)NC(CC(=O)N1CCC(c2c[nH]c3ccccc23)CC1)c1ccccc1. The summed E-state index contributed by atoms with van der Waals surface area (Å²) >= 11 is 0. The van der Waals surface area contributed by atoms with Gasteiger partial charge in [-0.2, -0.15) is 0 Å². The fraction of sp³-hybridized carbons (Fsp3) is 0.333. The molecule has 1 atom stereocenters. The molecule has 0 aliphatic carbocycles. The predicted octanol–water partition coefficient (Wildman–Crippen LogP) is 4.14. The number of nitrogens with one attached hydrogen (secondary N) is 2. The van der Waals surface area contributed by atoms with Crippen LogP contribution in [-0.2, 0) is 9.59 Å². The fourth-order valence-corrected chi connectivity index (χ4v) is 4.36. The highest BCUT2D eigenvalue weighted by Crippen LogP contribution is 2.33. The molecular formula is C24H27N3O2. The van der Waals surface area contributed by atoms with Crippen molar-refractivity contribution in [1.82, 2.24) is 15.2 Å². The van der Waals surface area contributed by atoms with Crippen LogP contribution in [0, 0.1) is 0 Å². The lowest BCUT2D eigenvalue weighted by Gasteiger charge is -2.33. The van der Waals surface area contributed by atoms with E-state index in [1.807, 2.05) is 41.3 Å². The number of H-pyrrole nitrogens is 1. The van der Waals surface area contributed by atoms with Gasteiger partial charge in [-0.3, -0.25) is 9.59 Å². The Kier molecular flexibility index (Phi) is 5.65. The lowest BCUT2D eigenvalue weighted by Crippen LogP contribution is -2.40. The molecule has 1 aliphatic heterocycles. The molecule has 150 valence electrons. The number of amides is 2. The Morgan fingerprint density at radius 1 is 1.07 bits per heavy atom. The standard InChI is InChI=1S/C24H27N3O2/c1-17(28)26-23(19-7-3-2-4-8-19)15-24(29)27-13-11-18(12-14-27)21-16-25-22-10-6-5-9-20(21)22/h2-10,16,18,23,25H,11-15H2,1H3,(H,26,28). The average Bonchev–Trinajstić information content (AvgIpc) is 3.18. The van der Waals surface area contributed by atoms with Crippen LogP contribution >= 0.6 is 0 Å². The summed E-state index contributed by atoms with van der Waals surface area (Å²) in [5.74, 6) is 0.449. The van der Waals surface area contributed by atoms with Crippen molar-refractivity contribution in [3.05, 3.63) is 71.9 Å². The molecule has 3 aromatic rings. The van der Waals surface area contributed by atoms with Crippen LogP contribution in [0.3, 0.4) is 0 Å². The highest BCUT2D eigenvalue weighted by atomic mass is 16.2. The van der Waals surface area contributed by atoms with Crippen LogP contribution in [0.15, 0.2) is 60.8 Å². The molecule has 1 aliphatic rings. The second kappa shape index (κ2) is 8.52. The Hall–Kier alpha value is -3.08. The van der Waals surface area contributed by atoms with Gasteiger partial charge in [0, 0.05) is 37.1 Å². The second-order valence-electron chi connectivity index (χ2n) is 7.81. The van der Waals surface area contributed by atoms with Crippen molar-refractivity contribution < 1.29 is 9.59 Å². The number of piperidine rings is 1. The number of aromatic nitrogens is 1. The van der Waals surface area contributed by atoms with E-state index in [-0.39, 0.29) is 17.9 Å². The van der Waals surface area contributed by atoms with E-state index in [1.165, 1.54) is 23.4 Å². The van der Waals surface area contributed by atoms with Crippen molar-refractivity contribution in [2.24, 2.45) is 0 Å². The van der Waals surface area contributed by atoms with Crippen LogP contribution in [-0.4, -0.2) is 34.8 Å². The normalized spacial score (nSPS) is 16.0. The van der Waals surface area contributed by atoms with Crippen LogP contribution in [0.4, 0.5) is 0 Å². The Morgan fingerprint density at radius 2 is 1.76 bits per heavy atom. The van der Waals surface area contributed by atoms with Gasteiger partial charge in [0.25, 0.3) is 0 Å². The smallest absolute Gasteiger partial charge is 0.224 e. The summed E-state index contributed by atoms with van der Waals surface area (Å²) in [6.45, 7) is 3.00. The molecule has 2 N–H and O–H groups in total. The minimum absolute atomic E-state index is 0.102. The van der Waals surface area contributed by atoms with Gasteiger partial charge in [0.2, 0.25) is 11.8 Å². The zero-order valence-electron chi connectivity index (χ0n) is 16.7. The number of rotatable bonds is 5. The van der Waals surface area contributed by atoms with Gasteiger partial charge >= 0.3 is 0 Å². The van der Waals surface area contributed by atoms with Gasteiger partial charge in [0.15, 0.2) is 0 Å². The minimum atomic E-state index is -0.285. The molecule has 1 aromatic heterocycles. The number of benzene rings is 2. The molecule has 5 heteroatoms. The number of fused-ring (bicyclic) bond motifs is 1. The molecule has 1 saturated heterocycles. The van der Waals surface area contributed by atoms with Crippen molar-refractivity contribution in [1.29, 1.82) is 0 Å². The maximum Gasteiger partial charge on any atom is 0.224 e. The van der Waals surface area contributed by atoms with E-state index < -0.39 is 0 Å². The van der Waals surface area contributed by atoms with Crippen LogP contribution in [0.25, 0.3) is 10.9 Å². The largest absolute Gasteiger partial charge is 0.361 e. The molecular weight excluding hydrogens is 362 g/mol. The third-order valence-electron chi connectivity index (χ3n) is 5.87. The molecule has 2 amide bonds. The van der Waals surface area contributed by atoms with Crippen LogP contribution in [0.5, 0.6) is 0 Å². The predicted molar refractivity (Wildman–Crippen MR) is 114 cm³/mol. The number of likely N-dealkylation sites (tertiary alicyclic amines) is 1. The molecule has 1 unspecified atom stereocenters. The molecule has 0 bridgehead atoms. The van der Waals surface area contributed by atoms with E-state index in [1.54, 1.807) is 0 Å². The highest BCUT2D eigenvalue weighted by Gasteiger charge is 2.27. The van der Waals surface area contributed by atoms with Gasteiger partial charge in [0.1, 0.15) is 0 Å². The third kappa shape index (κ3) is 4.34. The fourth-order valence-electron chi connectivity index (χ4n) is 4.36. The summed E-state index contributed by atoms with van der Waals surface area (Å²) in [4.78, 5) is 29.9. The van der Waals surface area contributed by atoms with Crippen molar-refractivity contribution in [2.75, 3.05) is 13.1 Å². The maximum absolute atomic E-state index is 12.9. The first-order chi connectivity index (χ1) is 14.1. The van der Waals surface area contributed by atoms with Gasteiger partial charge in [-0.05, 0) is 36.0 Å². The van der Waals surface area contributed by atoms with Gasteiger partial charge in [-0.25, -0.2) is 0 Å². The molecule has 4 rings (SSSR count). The molecule has 5 nitrogen and oxygen atoms in total. The summed E-state index contributed by atoms with van der Waals surface area (Å²) in [6, 6.07) is 17.8. The number of nitrogens with zero attached hydrogens (tertiary/aromatic N) is 1. The van der Waals surface area contributed by atoms with Crippen molar-refractivity contribution >= 4 is 22.7 Å². The van der Waals surface area contributed by atoms with Crippen LogP contribution in [0.2, 0.25) is 0 Å². The Bertz CT molecular complexity index is 988. The molecule has 1 fully saturated rings. The van der Waals surface area contributed by atoms with Gasteiger partial charge in [-0.15, -0.1) is 0 Å². The number of para-hydroxylation sites is 1. The molecule has 2 heterocycles. The van der Waals surface area contributed by atoms with Gasteiger partial charge in [0.05, 0.1) is 12.5 Å². The number of hydrogen-bond donors (Lipinski definition) is 2. The summed E-state index contributed by atoms with van der Waals surface area (Å²) < 4.78 is 0. The average molecular weight is 389 g/mol. The van der Waals surface area contributed by atoms with E-state index in [0.29, 0.717) is 12.3 Å². The van der Waals surface area contributed by atoms with E-state index >= 15 is 0 Å². The lowest BCUT2D eigenvalue weighted by atomic mass is 9.89. The lowest BCUT2D eigenvalue weighted by molar-refractivity contribution is -0.133. The van der Waals surface area contributed by atoms with Crippen molar-refractivity contribution in [2.45, 2.75) is 38.1 Å². The molecule has 0 radical (unpaired) electrons. The van der Waals surface area contributed by atoms with Crippen molar-refractivity contribution in [3.8, 4) is 0 Å². The first-order valence-corrected chi connectivity index (χ1v) is 10.3. The number of hydrogen-bond acceptors (Lipinski definition) is 2. The third-order valence-corrected chi connectivity index (χ3v) is 5.87. The van der Waals surface area contributed by atoms with E-state index in [9.17, 15) is 9.59 Å². The number of aromatic amines is 1. The summed E-state index contributed by atoms with van der Waals surface area (Å²) in [5, 5.41) is 4.21. The first-order valence-electron chi connectivity index (χ1n) is 10.3. The van der Waals surface area contributed by atoms with Crippen LogP contribution < -0.4 is 5.32 Å². The maximum atomic E-state index is 12.9. The first kappa shape index (κ1) is 19.2. The quantitative estimate of drug-likeness (QED) is 0.689. The second-order valence-corrected chi connectivity index (χ2v) is 7.81. The van der Waals surface area contributed by atoms with E-state index in [0.717, 1.165) is 31.5 Å². The van der Waals surface area contributed by atoms with Gasteiger partial charge in [-0.1, -0.05) is 48.5 Å². The van der Waals surface area contributed by atoms with Crippen LogP contribution in [0.1, 0.15) is 49.3 Å². The topological polar surface area (TPSA) is 65.2 Å². The molecule has 0 spiro atoms.